The van der Waals surface area contributed by atoms with Crippen LogP contribution in [0.15, 0.2) is 0 Å². The summed E-state index contributed by atoms with van der Waals surface area (Å²) in [4.78, 5) is 20.5. The zero-order valence-electron chi connectivity index (χ0n) is 5.81. The normalized spacial score (nSPS) is 11.1. The molecule has 0 aromatic carbocycles. The van der Waals surface area contributed by atoms with Gasteiger partial charge in [0, 0.05) is 33.1 Å². The molecule has 0 aromatic heterocycles. The van der Waals surface area contributed by atoms with E-state index in [1.54, 1.807) is 0 Å². The first-order chi connectivity index (χ1) is 4.57. The van der Waals surface area contributed by atoms with Crippen LogP contribution in [0.1, 0.15) is 6.92 Å². The number of thiol groups is 1. The van der Waals surface area contributed by atoms with Crippen LogP contribution in [-0.4, -0.2) is 28.8 Å². The molecule has 1 atom stereocenters. The molecular formula is C5H9NO3PdS. The van der Waals surface area contributed by atoms with Gasteiger partial charge in [0.15, 0.2) is 0 Å². The summed E-state index contributed by atoms with van der Waals surface area (Å²) in [6, 6.07) is -0.874. The third-order valence-corrected chi connectivity index (χ3v) is 1.22. The van der Waals surface area contributed by atoms with Crippen LogP contribution in [-0.2, 0) is 30.0 Å². The number of nitrogens with one attached hydrogen (secondary N) is 1. The van der Waals surface area contributed by atoms with Crippen molar-refractivity contribution in [1.29, 1.82) is 0 Å². The fourth-order valence-electron chi connectivity index (χ4n) is 0.431. The summed E-state index contributed by atoms with van der Waals surface area (Å²) < 4.78 is 0. The molecule has 11 heavy (non-hydrogen) atoms. The van der Waals surface area contributed by atoms with Crippen molar-refractivity contribution in [3.8, 4) is 0 Å². The van der Waals surface area contributed by atoms with Gasteiger partial charge in [-0.15, -0.1) is 0 Å². The SMILES string of the molecule is CC(=O)NC(CS)C(=O)O.[Pd]. The minimum Gasteiger partial charge on any atom is -0.480 e. The van der Waals surface area contributed by atoms with E-state index in [1.165, 1.54) is 6.92 Å². The summed E-state index contributed by atoms with van der Waals surface area (Å²) in [6.07, 6.45) is 0. The van der Waals surface area contributed by atoms with Crippen molar-refractivity contribution in [3.05, 3.63) is 0 Å². The molecule has 0 fully saturated rings. The molecule has 0 heterocycles. The molecule has 6 heteroatoms. The van der Waals surface area contributed by atoms with Crippen molar-refractivity contribution in [2.75, 3.05) is 5.75 Å². The molecule has 0 bridgehead atoms. The van der Waals surface area contributed by atoms with E-state index in [2.05, 4.69) is 17.9 Å². The number of aliphatic carboxylic acids is 1. The Labute approximate surface area is 83.8 Å². The Balaban J connectivity index is 0. The molecular weight excluding hydrogens is 261 g/mol. The van der Waals surface area contributed by atoms with Crippen LogP contribution in [0.25, 0.3) is 0 Å². The molecule has 0 aliphatic carbocycles. The molecule has 0 aromatic rings. The Hall–Kier alpha value is -0.0477. The molecule has 4 nitrogen and oxygen atoms in total. The van der Waals surface area contributed by atoms with Crippen LogP contribution >= 0.6 is 12.6 Å². The Morgan fingerprint density at radius 1 is 1.64 bits per heavy atom. The maximum Gasteiger partial charge on any atom is 0.327 e. The van der Waals surface area contributed by atoms with Gasteiger partial charge in [-0.1, -0.05) is 0 Å². The van der Waals surface area contributed by atoms with Crippen molar-refractivity contribution >= 4 is 24.5 Å². The summed E-state index contributed by atoms with van der Waals surface area (Å²) >= 11 is 3.73. The third-order valence-electron chi connectivity index (χ3n) is 0.858. The summed E-state index contributed by atoms with van der Waals surface area (Å²) in [5, 5.41) is 10.6. The van der Waals surface area contributed by atoms with E-state index < -0.39 is 12.0 Å². The second-order valence-electron chi connectivity index (χ2n) is 1.77. The zero-order valence-corrected chi connectivity index (χ0v) is 8.26. The number of hydrogen-bond donors (Lipinski definition) is 3. The van der Waals surface area contributed by atoms with Gasteiger partial charge in [-0.3, -0.25) is 4.79 Å². The molecule has 1 unspecified atom stereocenters. The van der Waals surface area contributed by atoms with Gasteiger partial charge in [0.05, 0.1) is 0 Å². The van der Waals surface area contributed by atoms with E-state index >= 15 is 0 Å². The first-order valence-corrected chi connectivity index (χ1v) is 3.32. The molecule has 1 amide bonds. The second kappa shape index (κ2) is 6.65. The monoisotopic (exact) mass is 269 g/mol. The van der Waals surface area contributed by atoms with Crippen LogP contribution in [0.4, 0.5) is 0 Å². The topological polar surface area (TPSA) is 66.4 Å². The van der Waals surface area contributed by atoms with Crippen molar-refractivity contribution in [2.45, 2.75) is 13.0 Å². The number of carboxylic acid groups (broad SMARTS) is 1. The van der Waals surface area contributed by atoms with E-state index in [-0.39, 0.29) is 32.1 Å². The van der Waals surface area contributed by atoms with Crippen LogP contribution < -0.4 is 5.32 Å². The van der Waals surface area contributed by atoms with E-state index in [4.69, 9.17) is 5.11 Å². The number of carboxylic acids is 1. The predicted molar refractivity (Wildman–Crippen MR) is 39.1 cm³/mol. The molecule has 0 radical (unpaired) electrons. The van der Waals surface area contributed by atoms with Crippen molar-refractivity contribution in [2.24, 2.45) is 0 Å². The van der Waals surface area contributed by atoms with E-state index in [9.17, 15) is 9.59 Å². The molecule has 0 rings (SSSR count). The van der Waals surface area contributed by atoms with Gasteiger partial charge in [0.1, 0.15) is 6.04 Å². The van der Waals surface area contributed by atoms with Gasteiger partial charge < -0.3 is 10.4 Å². The molecule has 68 valence electrons. The molecule has 0 saturated heterocycles. The van der Waals surface area contributed by atoms with Gasteiger partial charge in [0.25, 0.3) is 0 Å². The zero-order chi connectivity index (χ0) is 8.15. The average molecular weight is 270 g/mol. The van der Waals surface area contributed by atoms with Crippen LogP contribution in [0, 0.1) is 0 Å². The third kappa shape index (κ3) is 6.35. The molecule has 0 aliphatic heterocycles. The number of amides is 1. The molecule has 0 saturated carbocycles. The Kier molecular flexibility index (Phi) is 8.18. The van der Waals surface area contributed by atoms with E-state index in [1.807, 2.05) is 0 Å². The second-order valence-corrected chi connectivity index (χ2v) is 2.14. The molecule has 0 spiro atoms. The average Bonchev–Trinajstić information content (AvgIpc) is 1.81. The summed E-state index contributed by atoms with van der Waals surface area (Å²) in [7, 11) is 0. The van der Waals surface area contributed by atoms with Gasteiger partial charge in [-0.25, -0.2) is 4.79 Å². The Morgan fingerprint density at radius 3 is 2.18 bits per heavy atom. The minimum absolute atomic E-state index is 0. The van der Waals surface area contributed by atoms with Gasteiger partial charge in [-0.2, -0.15) is 12.6 Å². The fourth-order valence-corrected chi connectivity index (χ4v) is 0.678. The fraction of sp³-hybridized carbons (Fsp3) is 0.600. The molecule has 2 N–H and O–H groups in total. The van der Waals surface area contributed by atoms with Gasteiger partial charge in [-0.05, 0) is 0 Å². The summed E-state index contributed by atoms with van der Waals surface area (Å²) in [5.41, 5.74) is 0. The number of hydrogen-bond acceptors (Lipinski definition) is 3. The number of carbonyl (C=O) groups is 2. The largest absolute Gasteiger partial charge is 0.480 e. The van der Waals surface area contributed by atoms with Crippen LogP contribution in [0.5, 0.6) is 0 Å². The smallest absolute Gasteiger partial charge is 0.327 e. The van der Waals surface area contributed by atoms with Crippen LogP contribution in [0.3, 0.4) is 0 Å². The maximum absolute atomic E-state index is 10.3. The summed E-state index contributed by atoms with van der Waals surface area (Å²) in [5.74, 6) is -1.32. The Morgan fingerprint density at radius 2 is 2.09 bits per heavy atom. The quantitative estimate of drug-likeness (QED) is 0.478. The van der Waals surface area contributed by atoms with Gasteiger partial charge in [0.2, 0.25) is 5.91 Å². The molecule has 0 aliphatic rings. The number of carbonyl (C=O) groups excluding carboxylic acids is 1. The van der Waals surface area contributed by atoms with Crippen molar-refractivity contribution in [1.82, 2.24) is 5.32 Å². The van der Waals surface area contributed by atoms with Gasteiger partial charge >= 0.3 is 5.97 Å². The Bertz CT molecular complexity index is 153. The first kappa shape index (κ1) is 13.5. The minimum atomic E-state index is -1.06. The predicted octanol–water partition coefficient (Wildman–Crippen LogP) is -0.497. The van der Waals surface area contributed by atoms with Crippen molar-refractivity contribution in [3.63, 3.8) is 0 Å². The van der Waals surface area contributed by atoms with E-state index in [0.29, 0.717) is 0 Å². The van der Waals surface area contributed by atoms with Crippen LogP contribution in [0.2, 0.25) is 0 Å². The maximum atomic E-state index is 10.3. The standard InChI is InChI=1S/C5H9NO3S.Pd/c1-3(7)6-4(2-10)5(8)9;/h4,10H,2H2,1H3,(H,6,7)(H,8,9);. The number of rotatable bonds is 3. The summed E-state index contributed by atoms with van der Waals surface area (Å²) in [6.45, 7) is 1.26. The van der Waals surface area contributed by atoms with Crippen molar-refractivity contribution < 1.29 is 35.1 Å². The van der Waals surface area contributed by atoms with E-state index in [0.717, 1.165) is 0 Å². The first-order valence-electron chi connectivity index (χ1n) is 2.68.